The van der Waals surface area contributed by atoms with E-state index in [0.717, 1.165) is 10.9 Å². The lowest BCUT2D eigenvalue weighted by Crippen LogP contribution is -2.28. The summed E-state index contributed by atoms with van der Waals surface area (Å²) in [5, 5.41) is 0.813. The zero-order valence-electron chi connectivity index (χ0n) is 13.9. The Balaban J connectivity index is 1.77. The van der Waals surface area contributed by atoms with Gasteiger partial charge < -0.3 is 13.7 Å². The molecule has 5 nitrogen and oxygen atoms in total. The Kier molecular flexibility index (Phi) is 3.38. The predicted octanol–water partition coefficient (Wildman–Crippen LogP) is 4.10. The van der Waals surface area contributed by atoms with Gasteiger partial charge in [0, 0.05) is 24.7 Å². The Bertz CT molecular complexity index is 1120. The topological polar surface area (TPSA) is 57.3 Å². The lowest BCUT2D eigenvalue weighted by molar-refractivity contribution is 0.0995. The van der Waals surface area contributed by atoms with Crippen LogP contribution in [0.1, 0.15) is 29.7 Å². The number of hydrogen-bond donors (Lipinski definition) is 0. The first-order valence-electron chi connectivity index (χ1n) is 8.56. The molecule has 0 aliphatic carbocycles. The highest BCUT2D eigenvalue weighted by molar-refractivity contribution is 5.85. The summed E-state index contributed by atoms with van der Waals surface area (Å²) in [5.74, 6) is 0.504. The Morgan fingerprint density at radius 3 is 2.65 bits per heavy atom. The number of nitrogens with zero attached hydrogens (tertiary/aromatic N) is 2. The van der Waals surface area contributed by atoms with E-state index in [-0.39, 0.29) is 17.8 Å². The van der Waals surface area contributed by atoms with Gasteiger partial charge in [0.1, 0.15) is 11.3 Å². The second-order valence-electron chi connectivity index (χ2n) is 6.41. The molecule has 0 saturated heterocycles. The molecule has 0 saturated carbocycles. The number of benzene rings is 2. The van der Waals surface area contributed by atoms with Crippen LogP contribution in [0.3, 0.4) is 0 Å². The average molecular weight is 344 g/mol. The molecule has 0 fully saturated rings. The van der Waals surface area contributed by atoms with Gasteiger partial charge in [-0.1, -0.05) is 42.5 Å². The number of ether oxygens (including phenoxy) is 1. The molecule has 5 heteroatoms. The molecule has 5 rings (SSSR count). The number of hydrogen-bond acceptors (Lipinski definition) is 4. The maximum absolute atomic E-state index is 12.8. The van der Waals surface area contributed by atoms with Gasteiger partial charge in [-0.05, 0) is 17.7 Å². The van der Waals surface area contributed by atoms with Crippen molar-refractivity contribution in [1.82, 2.24) is 9.55 Å². The fourth-order valence-corrected chi connectivity index (χ4v) is 3.68. The first kappa shape index (κ1) is 15.0. The highest BCUT2D eigenvalue weighted by Crippen LogP contribution is 2.44. The smallest absolute Gasteiger partial charge is 0.343 e. The minimum Gasteiger partial charge on any atom is -0.469 e. The lowest BCUT2D eigenvalue weighted by Gasteiger charge is -2.32. The maximum atomic E-state index is 12.8. The summed E-state index contributed by atoms with van der Waals surface area (Å²) >= 11 is 0. The van der Waals surface area contributed by atoms with Gasteiger partial charge >= 0.3 is 5.63 Å². The van der Waals surface area contributed by atoms with Crippen LogP contribution in [0.25, 0.3) is 11.0 Å². The highest BCUT2D eigenvalue weighted by Gasteiger charge is 2.34. The molecule has 0 radical (unpaired) electrons. The Hall–Kier alpha value is -3.34. The average Bonchev–Trinajstić information content (AvgIpc) is 3.23. The van der Waals surface area contributed by atoms with E-state index in [1.807, 2.05) is 59.3 Å². The molecule has 0 unspecified atom stereocenters. The van der Waals surface area contributed by atoms with Gasteiger partial charge in [-0.3, -0.25) is 0 Å². The van der Waals surface area contributed by atoms with Crippen molar-refractivity contribution in [2.75, 3.05) is 0 Å². The quantitative estimate of drug-likeness (QED) is 0.514. The molecule has 3 heterocycles. The van der Waals surface area contributed by atoms with Gasteiger partial charge in [0.05, 0.1) is 17.3 Å². The number of fused-ring (bicyclic) bond motifs is 3. The van der Waals surface area contributed by atoms with Crippen LogP contribution in [0.5, 0.6) is 5.75 Å². The van der Waals surface area contributed by atoms with Crippen molar-refractivity contribution in [3.8, 4) is 5.75 Å². The Morgan fingerprint density at radius 2 is 1.85 bits per heavy atom. The molecule has 0 spiro atoms. The van der Waals surface area contributed by atoms with Gasteiger partial charge in [0.2, 0.25) is 0 Å². The molecular weight excluding hydrogens is 328 g/mol. The number of para-hydroxylation sites is 1. The van der Waals surface area contributed by atoms with E-state index in [1.165, 1.54) is 0 Å². The monoisotopic (exact) mass is 344 g/mol. The summed E-state index contributed by atoms with van der Waals surface area (Å²) in [6.45, 7) is 0. The molecule has 1 aliphatic rings. The summed E-state index contributed by atoms with van der Waals surface area (Å²) in [4.78, 5) is 16.9. The largest absolute Gasteiger partial charge is 0.469 e. The standard InChI is InChI=1S/C21H16N2O3/c24-21-19-16(14-6-2-1-3-7-14)12-18(23-11-10-22-13-23)26-20(19)15-8-4-5-9-17(15)25-21/h1-11,13,16,18H,12H2/t16-,18+/m0/s1. The summed E-state index contributed by atoms with van der Waals surface area (Å²) < 4.78 is 13.8. The summed E-state index contributed by atoms with van der Waals surface area (Å²) in [6.07, 6.45) is 5.75. The van der Waals surface area contributed by atoms with Crippen LogP contribution in [-0.2, 0) is 0 Å². The SMILES string of the molecule is O=c1oc2ccccc2c2c1[C@H](c1ccccc1)C[C@H](n1ccnc1)O2. The molecule has 4 aromatic rings. The predicted molar refractivity (Wildman–Crippen MR) is 97.3 cm³/mol. The fourth-order valence-electron chi connectivity index (χ4n) is 3.68. The van der Waals surface area contributed by atoms with Crippen LogP contribution in [0.2, 0.25) is 0 Å². The third-order valence-corrected chi connectivity index (χ3v) is 4.90. The molecule has 0 bridgehead atoms. The van der Waals surface area contributed by atoms with E-state index in [1.54, 1.807) is 18.6 Å². The lowest BCUT2D eigenvalue weighted by atomic mass is 9.86. The van der Waals surface area contributed by atoms with E-state index in [9.17, 15) is 4.79 Å². The van der Waals surface area contributed by atoms with Gasteiger partial charge in [0.25, 0.3) is 0 Å². The summed E-state index contributed by atoms with van der Waals surface area (Å²) in [5.41, 5.74) is 1.86. The minimum absolute atomic E-state index is 0.104. The van der Waals surface area contributed by atoms with Crippen molar-refractivity contribution in [1.29, 1.82) is 0 Å². The molecule has 0 amide bonds. The van der Waals surface area contributed by atoms with Crippen LogP contribution in [0.15, 0.2) is 82.5 Å². The highest BCUT2D eigenvalue weighted by atomic mass is 16.5. The van der Waals surface area contributed by atoms with Gasteiger partial charge in [0.15, 0.2) is 6.23 Å². The van der Waals surface area contributed by atoms with Crippen molar-refractivity contribution in [2.24, 2.45) is 0 Å². The molecule has 2 atom stereocenters. The molecule has 2 aromatic carbocycles. The minimum atomic E-state index is -0.336. The van der Waals surface area contributed by atoms with Gasteiger partial charge in [-0.15, -0.1) is 0 Å². The molecule has 0 N–H and O–H groups in total. The third kappa shape index (κ3) is 2.32. The first-order chi connectivity index (χ1) is 12.8. The van der Waals surface area contributed by atoms with Crippen molar-refractivity contribution >= 4 is 11.0 Å². The van der Waals surface area contributed by atoms with Crippen molar-refractivity contribution in [2.45, 2.75) is 18.6 Å². The summed E-state index contributed by atoms with van der Waals surface area (Å²) in [7, 11) is 0. The van der Waals surface area contributed by atoms with E-state index in [4.69, 9.17) is 9.15 Å². The van der Waals surface area contributed by atoms with Crippen molar-refractivity contribution in [3.05, 3.63) is 94.9 Å². The van der Waals surface area contributed by atoms with Crippen LogP contribution >= 0.6 is 0 Å². The van der Waals surface area contributed by atoms with Crippen molar-refractivity contribution < 1.29 is 9.15 Å². The van der Waals surface area contributed by atoms with Crippen LogP contribution in [0.4, 0.5) is 0 Å². The van der Waals surface area contributed by atoms with E-state index in [0.29, 0.717) is 23.3 Å². The van der Waals surface area contributed by atoms with Crippen LogP contribution in [0, 0.1) is 0 Å². The van der Waals surface area contributed by atoms with Crippen LogP contribution < -0.4 is 10.4 Å². The molecule has 2 aromatic heterocycles. The normalized spacial score (nSPS) is 19.1. The van der Waals surface area contributed by atoms with Crippen LogP contribution in [-0.4, -0.2) is 9.55 Å². The van der Waals surface area contributed by atoms with Gasteiger partial charge in [-0.25, -0.2) is 9.78 Å². The van der Waals surface area contributed by atoms with Gasteiger partial charge in [-0.2, -0.15) is 0 Å². The first-order valence-corrected chi connectivity index (χ1v) is 8.56. The number of rotatable bonds is 2. The summed E-state index contributed by atoms with van der Waals surface area (Å²) in [6, 6.07) is 17.5. The van der Waals surface area contributed by atoms with E-state index in [2.05, 4.69) is 4.98 Å². The zero-order valence-corrected chi connectivity index (χ0v) is 13.9. The number of aromatic nitrogens is 2. The second kappa shape index (κ2) is 5.88. The maximum Gasteiger partial charge on any atom is 0.343 e. The zero-order chi connectivity index (χ0) is 17.5. The third-order valence-electron chi connectivity index (χ3n) is 4.90. The Morgan fingerprint density at radius 1 is 1.04 bits per heavy atom. The fraction of sp³-hybridized carbons (Fsp3) is 0.143. The van der Waals surface area contributed by atoms with E-state index >= 15 is 0 Å². The Labute approximate surface area is 149 Å². The van der Waals surface area contributed by atoms with E-state index < -0.39 is 0 Å². The second-order valence-corrected chi connectivity index (χ2v) is 6.41. The molecular formula is C21H16N2O3. The number of imidazole rings is 1. The molecule has 128 valence electrons. The molecule has 26 heavy (non-hydrogen) atoms. The van der Waals surface area contributed by atoms with Crippen molar-refractivity contribution in [3.63, 3.8) is 0 Å². The molecule has 1 aliphatic heterocycles.